The van der Waals surface area contributed by atoms with Crippen LogP contribution >= 0.6 is 0 Å². The van der Waals surface area contributed by atoms with E-state index >= 15 is 0 Å². The van der Waals surface area contributed by atoms with Crippen LogP contribution < -0.4 is 0 Å². The molecule has 1 aromatic rings. The molecule has 2 rings (SSSR count). The molecule has 1 atom stereocenters. The minimum absolute atomic E-state index is 0.359. The first-order valence-electron chi connectivity index (χ1n) is 6.91. The van der Waals surface area contributed by atoms with Gasteiger partial charge in [-0.2, -0.15) is 0 Å². The van der Waals surface area contributed by atoms with Crippen molar-refractivity contribution in [3.8, 4) is 0 Å². The summed E-state index contributed by atoms with van der Waals surface area (Å²) in [6.45, 7) is 4.34. The van der Waals surface area contributed by atoms with Gasteiger partial charge in [-0.25, -0.2) is 0 Å². The maximum absolute atomic E-state index is 8.45. The summed E-state index contributed by atoms with van der Waals surface area (Å²) in [5.74, 6) is 0.359. The summed E-state index contributed by atoms with van der Waals surface area (Å²) in [6, 6.07) is 10.0. The first-order valence-corrected chi connectivity index (χ1v) is 6.91. The average molecular weight is 251 g/mol. The van der Waals surface area contributed by atoms with Gasteiger partial charge in [-0.05, 0) is 30.9 Å². The van der Waals surface area contributed by atoms with E-state index in [-0.39, 0.29) is 0 Å². The highest BCUT2D eigenvalue weighted by Crippen LogP contribution is 2.30. The van der Waals surface area contributed by atoms with E-state index in [0.717, 1.165) is 24.0 Å². The summed E-state index contributed by atoms with van der Waals surface area (Å²) in [7, 11) is 0. The number of benzene rings is 1. The zero-order chi connectivity index (χ0) is 13.7. The van der Waals surface area contributed by atoms with Crippen molar-refractivity contribution in [3.05, 3.63) is 71.3 Å². The summed E-state index contributed by atoms with van der Waals surface area (Å²) in [5.41, 5.74) is 4.16. The third-order valence-electron chi connectivity index (χ3n) is 3.59. The van der Waals surface area contributed by atoms with Gasteiger partial charge in [0, 0.05) is 5.92 Å². The normalized spacial score (nSPS) is 19.2. The summed E-state index contributed by atoms with van der Waals surface area (Å²) in [5, 5.41) is 8.45. The molecule has 1 N–H and O–H groups in total. The van der Waals surface area contributed by atoms with Crippen LogP contribution in [0, 0.1) is 11.3 Å². The van der Waals surface area contributed by atoms with Gasteiger partial charge in [0.25, 0.3) is 0 Å². The predicted molar refractivity (Wildman–Crippen MR) is 82.6 cm³/mol. The third-order valence-corrected chi connectivity index (χ3v) is 3.59. The Bertz CT molecular complexity index is 532. The fourth-order valence-electron chi connectivity index (χ4n) is 2.55. The standard InChI is InChI=1S/C18H21N/c1-3-9-14(2)16-12-7-8-13-17(16)18(19)15-10-5-4-6-11-15/h4-11,13,16,19H,3,12H2,1-2H3/b14-9+,19-18?. The molecule has 1 heteroatoms. The molecule has 0 spiro atoms. The maximum Gasteiger partial charge on any atom is 0.0650 e. The maximum atomic E-state index is 8.45. The van der Waals surface area contributed by atoms with E-state index in [0.29, 0.717) is 11.6 Å². The number of hydrogen-bond donors (Lipinski definition) is 1. The molecular formula is C18H21N. The van der Waals surface area contributed by atoms with Crippen molar-refractivity contribution >= 4 is 5.71 Å². The molecule has 0 bridgehead atoms. The molecule has 1 aliphatic carbocycles. The van der Waals surface area contributed by atoms with Crippen LogP contribution in [0.5, 0.6) is 0 Å². The highest BCUT2D eigenvalue weighted by atomic mass is 14.4. The number of rotatable bonds is 4. The monoisotopic (exact) mass is 251 g/mol. The summed E-state index contributed by atoms with van der Waals surface area (Å²) in [4.78, 5) is 0. The van der Waals surface area contributed by atoms with Crippen LogP contribution in [0.4, 0.5) is 0 Å². The average Bonchev–Trinajstić information content (AvgIpc) is 2.47. The van der Waals surface area contributed by atoms with Gasteiger partial charge in [-0.3, -0.25) is 5.41 Å². The fourth-order valence-corrected chi connectivity index (χ4v) is 2.55. The highest BCUT2D eigenvalue weighted by Gasteiger charge is 2.21. The van der Waals surface area contributed by atoms with E-state index in [9.17, 15) is 0 Å². The lowest BCUT2D eigenvalue weighted by molar-refractivity contribution is 0.737. The van der Waals surface area contributed by atoms with E-state index in [1.807, 2.05) is 30.3 Å². The van der Waals surface area contributed by atoms with Gasteiger partial charge in [0.2, 0.25) is 0 Å². The second-order valence-corrected chi connectivity index (χ2v) is 4.94. The first-order chi connectivity index (χ1) is 9.24. The predicted octanol–water partition coefficient (Wildman–Crippen LogP) is 4.91. The summed E-state index contributed by atoms with van der Waals surface area (Å²) >= 11 is 0. The lowest BCUT2D eigenvalue weighted by Gasteiger charge is -2.23. The molecule has 1 aromatic carbocycles. The van der Waals surface area contributed by atoms with E-state index < -0.39 is 0 Å². The number of hydrogen-bond acceptors (Lipinski definition) is 1. The molecule has 0 saturated heterocycles. The van der Waals surface area contributed by atoms with E-state index in [1.165, 1.54) is 5.57 Å². The molecular weight excluding hydrogens is 230 g/mol. The van der Waals surface area contributed by atoms with E-state index in [1.54, 1.807) is 0 Å². The zero-order valence-corrected chi connectivity index (χ0v) is 11.7. The molecule has 98 valence electrons. The number of allylic oxidation sites excluding steroid dienone is 6. The Hall–Kier alpha value is -1.89. The van der Waals surface area contributed by atoms with Gasteiger partial charge in [0.1, 0.15) is 0 Å². The molecule has 1 aliphatic rings. The van der Waals surface area contributed by atoms with Gasteiger partial charge in [-0.1, -0.05) is 67.1 Å². The molecule has 0 radical (unpaired) electrons. The minimum Gasteiger partial charge on any atom is -0.300 e. The molecule has 19 heavy (non-hydrogen) atoms. The van der Waals surface area contributed by atoms with Gasteiger partial charge in [0.15, 0.2) is 0 Å². The highest BCUT2D eigenvalue weighted by molar-refractivity contribution is 6.11. The second-order valence-electron chi connectivity index (χ2n) is 4.94. The van der Waals surface area contributed by atoms with Crippen LogP contribution in [0.1, 0.15) is 32.3 Å². The first kappa shape index (κ1) is 13.5. The summed E-state index contributed by atoms with van der Waals surface area (Å²) in [6.07, 6.45) is 10.7. The van der Waals surface area contributed by atoms with Crippen molar-refractivity contribution in [3.63, 3.8) is 0 Å². The largest absolute Gasteiger partial charge is 0.300 e. The molecule has 0 amide bonds. The zero-order valence-electron chi connectivity index (χ0n) is 11.7. The third kappa shape index (κ3) is 3.11. The topological polar surface area (TPSA) is 23.9 Å². The number of nitrogens with one attached hydrogen (secondary N) is 1. The van der Waals surface area contributed by atoms with Crippen molar-refractivity contribution < 1.29 is 0 Å². The molecule has 0 aliphatic heterocycles. The minimum atomic E-state index is 0.359. The Kier molecular flexibility index (Phi) is 4.51. The smallest absolute Gasteiger partial charge is 0.0650 e. The van der Waals surface area contributed by atoms with Crippen molar-refractivity contribution in [1.82, 2.24) is 0 Å². The van der Waals surface area contributed by atoms with Crippen molar-refractivity contribution in [1.29, 1.82) is 5.41 Å². The molecule has 0 aromatic heterocycles. The van der Waals surface area contributed by atoms with Crippen LogP contribution in [0.25, 0.3) is 0 Å². The van der Waals surface area contributed by atoms with Crippen LogP contribution in [-0.2, 0) is 0 Å². The van der Waals surface area contributed by atoms with Gasteiger partial charge < -0.3 is 0 Å². The summed E-state index contributed by atoms with van der Waals surface area (Å²) < 4.78 is 0. The Morgan fingerprint density at radius 3 is 2.74 bits per heavy atom. The SMILES string of the molecule is CC/C=C(\C)C1CC=CC=C1C(=N)c1ccccc1. The molecule has 1 unspecified atom stereocenters. The van der Waals surface area contributed by atoms with Gasteiger partial charge in [-0.15, -0.1) is 0 Å². The fraction of sp³-hybridized carbons (Fsp3) is 0.278. The van der Waals surface area contributed by atoms with Crippen molar-refractivity contribution in [2.45, 2.75) is 26.7 Å². The molecule has 0 fully saturated rings. The Labute approximate surface area is 115 Å². The lowest BCUT2D eigenvalue weighted by atomic mass is 9.81. The quantitative estimate of drug-likeness (QED) is 0.580. The van der Waals surface area contributed by atoms with Crippen LogP contribution in [0.2, 0.25) is 0 Å². The molecule has 0 heterocycles. The lowest BCUT2D eigenvalue weighted by Crippen LogP contribution is -2.16. The van der Waals surface area contributed by atoms with Crippen LogP contribution in [-0.4, -0.2) is 5.71 Å². The Morgan fingerprint density at radius 1 is 1.32 bits per heavy atom. The van der Waals surface area contributed by atoms with Crippen molar-refractivity contribution in [2.24, 2.45) is 5.92 Å². The second kappa shape index (κ2) is 6.33. The van der Waals surface area contributed by atoms with Crippen LogP contribution in [0.3, 0.4) is 0 Å². The van der Waals surface area contributed by atoms with E-state index in [2.05, 4.69) is 38.2 Å². The Balaban J connectivity index is 2.30. The molecule has 1 nitrogen and oxygen atoms in total. The van der Waals surface area contributed by atoms with E-state index in [4.69, 9.17) is 5.41 Å². The molecule has 0 saturated carbocycles. The van der Waals surface area contributed by atoms with Gasteiger partial charge >= 0.3 is 0 Å². The van der Waals surface area contributed by atoms with Crippen molar-refractivity contribution in [2.75, 3.05) is 0 Å². The van der Waals surface area contributed by atoms with Gasteiger partial charge in [0.05, 0.1) is 5.71 Å². The van der Waals surface area contributed by atoms with Crippen LogP contribution in [0.15, 0.2) is 65.8 Å². The Morgan fingerprint density at radius 2 is 2.05 bits per heavy atom.